The maximum atomic E-state index is 5.86. The monoisotopic (exact) mass is 511 g/mol. The summed E-state index contributed by atoms with van der Waals surface area (Å²) in [6.07, 6.45) is 4.45. The molecule has 1 aliphatic rings. The number of nitrogens with zero attached hydrogens (tertiary/aromatic N) is 3. The summed E-state index contributed by atoms with van der Waals surface area (Å²) in [5.74, 6) is 3.56. The van der Waals surface area contributed by atoms with E-state index in [1.807, 2.05) is 32.2 Å². The van der Waals surface area contributed by atoms with E-state index >= 15 is 0 Å². The van der Waals surface area contributed by atoms with Gasteiger partial charge in [-0.25, -0.2) is 4.98 Å². The molecule has 198 valence electrons. The molecule has 0 bridgehead atoms. The van der Waals surface area contributed by atoms with Gasteiger partial charge in [-0.05, 0) is 55.7 Å². The number of rotatable bonds is 12. The van der Waals surface area contributed by atoms with Gasteiger partial charge in [0.1, 0.15) is 11.6 Å². The fraction of sp³-hybridized carbons (Fsp3) is 0.344. The summed E-state index contributed by atoms with van der Waals surface area (Å²) in [6.45, 7) is 9.93. The van der Waals surface area contributed by atoms with Crippen LogP contribution < -0.4 is 14.2 Å². The molecule has 0 atom stereocenters. The third kappa shape index (κ3) is 6.37. The van der Waals surface area contributed by atoms with Gasteiger partial charge in [-0.2, -0.15) is 0 Å². The Morgan fingerprint density at radius 1 is 0.895 bits per heavy atom. The highest BCUT2D eigenvalue weighted by molar-refractivity contribution is 5.56. The van der Waals surface area contributed by atoms with Crippen molar-refractivity contribution in [3.63, 3.8) is 0 Å². The van der Waals surface area contributed by atoms with Crippen molar-refractivity contribution >= 4 is 0 Å². The molecular weight excluding hydrogens is 474 g/mol. The summed E-state index contributed by atoms with van der Waals surface area (Å²) in [5, 5.41) is 0. The predicted molar refractivity (Wildman–Crippen MR) is 150 cm³/mol. The van der Waals surface area contributed by atoms with E-state index in [1.54, 1.807) is 0 Å². The Balaban J connectivity index is 1.42. The molecule has 0 radical (unpaired) electrons. The van der Waals surface area contributed by atoms with Gasteiger partial charge in [0.25, 0.3) is 0 Å². The zero-order valence-electron chi connectivity index (χ0n) is 22.6. The number of ether oxygens (including phenoxy) is 3. The van der Waals surface area contributed by atoms with Crippen molar-refractivity contribution in [2.24, 2.45) is 0 Å². The van der Waals surface area contributed by atoms with Gasteiger partial charge in [0, 0.05) is 31.7 Å². The minimum Gasteiger partial charge on any atom is -0.491 e. The topological polar surface area (TPSA) is 48.8 Å². The molecule has 0 N–H and O–H groups in total. The van der Waals surface area contributed by atoms with E-state index in [0.29, 0.717) is 0 Å². The van der Waals surface area contributed by atoms with Crippen molar-refractivity contribution in [2.45, 2.75) is 65.9 Å². The van der Waals surface area contributed by atoms with E-state index in [4.69, 9.17) is 19.2 Å². The van der Waals surface area contributed by atoms with E-state index < -0.39 is 0 Å². The lowest BCUT2D eigenvalue weighted by Gasteiger charge is -2.24. The van der Waals surface area contributed by atoms with E-state index in [1.165, 1.54) is 16.8 Å². The smallest absolute Gasteiger partial charge is 0.231 e. The summed E-state index contributed by atoms with van der Waals surface area (Å²) in [4.78, 5) is 7.34. The molecule has 4 aromatic rings. The van der Waals surface area contributed by atoms with Crippen molar-refractivity contribution in [1.29, 1.82) is 0 Å². The third-order valence-electron chi connectivity index (χ3n) is 6.64. The van der Waals surface area contributed by atoms with Crippen molar-refractivity contribution < 1.29 is 14.2 Å². The van der Waals surface area contributed by atoms with E-state index in [2.05, 4.69) is 77.1 Å². The zero-order valence-corrected chi connectivity index (χ0v) is 22.6. The van der Waals surface area contributed by atoms with Gasteiger partial charge in [0.15, 0.2) is 11.5 Å². The Bertz CT molecular complexity index is 1320. The standard InChI is InChI=1S/C32H37N3O3/c1-4-5-17-35-28(19-33-32(35)27-9-7-6-8-10-27)22-34(20-25-11-14-29(15-12-25)38-24(2)3)21-26-13-16-30-31(18-26)37-23-36-30/h6-16,18-19,24H,4-5,17,20-23H2,1-3H3. The van der Waals surface area contributed by atoms with E-state index in [0.717, 1.165) is 67.7 Å². The molecule has 0 aliphatic carbocycles. The van der Waals surface area contributed by atoms with Crippen LogP contribution in [0.2, 0.25) is 0 Å². The average molecular weight is 512 g/mol. The van der Waals surface area contributed by atoms with Crippen LogP contribution in [0, 0.1) is 0 Å². The largest absolute Gasteiger partial charge is 0.491 e. The van der Waals surface area contributed by atoms with Crippen LogP contribution in [0.5, 0.6) is 17.2 Å². The number of imidazole rings is 1. The lowest BCUT2D eigenvalue weighted by atomic mass is 10.1. The lowest BCUT2D eigenvalue weighted by Crippen LogP contribution is -2.24. The molecule has 0 fully saturated rings. The van der Waals surface area contributed by atoms with Crippen molar-refractivity contribution in [1.82, 2.24) is 14.5 Å². The van der Waals surface area contributed by atoms with Crippen LogP contribution in [0.4, 0.5) is 0 Å². The summed E-state index contributed by atoms with van der Waals surface area (Å²) in [6, 6.07) is 25.2. The first kappa shape index (κ1) is 25.9. The number of hydrogen-bond acceptors (Lipinski definition) is 5. The maximum Gasteiger partial charge on any atom is 0.231 e. The van der Waals surface area contributed by atoms with Crippen LogP contribution in [-0.4, -0.2) is 27.3 Å². The number of aromatic nitrogens is 2. The van der Waals surface area contributed by atoms with Crippen molar-refractivity contribution in [2.75, 3.05) is 6.79 Å². The molecule has 2 heterocycles. The molecule has 6 nitrogen and oxygen atoms in total. The van der Waals surface area contributed by atoms with Gasteiger partial charge in [-0.15, -0.1) is 0 Å². The summed E-state index contributed by atoms with van der Waals surface area (Å²) < 4.78 is 19.4. The molecule has 0 saturated carbocycles. The van der Waals surface area contributed by atoms with Gasteiger partial charge in [-0.1, -0.05) is 61.9 Å². The highest BCUT2D eigenvalue weighted by atomic mass is 16.7. The molecule has 6 heteroatoms. The van der Waals surface area contributed by atoms with Crippen LogP contribution >= 0.6 is 0 Å². The van der Waals surface area contributed by atoms with Gasteiger partial charge in [-0.3, -0.25) is 4.90 Å². The molecule has 3 aromatic carbocycles. The zero-order chi connectivity index (χ0) is 26.3. The molecular formula is C32H37N3O3. The van der Waals surface area contributed by atoms with Gasteiger partial charge >= 0.3 is 0 Å². The van der Waals surface area contributed by atoms with Crippen LogP contribution in [-0.2, 0) is 26.2 Å². The first-order valence-corrected chi connectivity index (χ1v) is 13.6. The minimum absolute atomic E-state index is 0.158. The van der Waals surface area contributed by atoms with E-state index in [9.17, 15) is 0 Å². The normalized spacial score (nSPS) is 12.4. The highest BCUT2D eigenvalue weighted by Gasteiger charge is 2.18. The average Bonchev–Trinajstić information content (AvgIpc) is 3.55. The second kappa shape index (κ2) is 12.2. The number of fused-ring (bicyclic) bond motifs is 1. The SMILES string of the molecule is CCCCn1c(CN(Cc2ccc(OC(C)C)cc2)Cc2ccc3c(c2)OCO3)cnc1-c1ccccc1. The molecule has 5 rings (SSSR count). The first-order chi connectivity index (χ1) is 18.6. The third-order valence-corrected chi connectivity index (χ3v) is 6.64. The van der Waals surface area contributed by atoms with Crippen LogP contribution in [0.1, 0.15) is 50.4 Å². The number of unbranched alkanes of at least 4 members (excludes halogenated alkanes) is 1. The van der Waals surface area contributed by atoms with Gasteiger partial charge in [0.2, 0.25) is 6.79 Å². The molecule has 1 aromatic heterocycles. The quantitative estimate of drug-likeness (QED) is 0.204. The first-order valence-electron chi connectivity index (χ1n) is 13.6. The number of benzene rings is 3. The Kier molecular flexibility index (Phi) is 8.29. The van der Waals surface area contributed by atoms with Crippen LogP contribution in [0.25, 0.3) is 11.4 Å². The van der Waals surface area contributed by atoms with Crippen molar-refractivity contribution in [3.05, 3.63) is 95.8 Å². The molecule has 0 amide bonds. The molecule has 0 unspecified atom stereocenters. The molecule has 0 saturated heterocycles. The fourth-order valence-electron chi connectivity index (χ4n) is 4.82. The summed E-state index contributed by atoms with van der Waals surface area (Å²) in [5.41, 5.74) is 4.80. The Hall–Kier alpha value is -3.77. The lowest BCUT2D eigenvalue weighted by molar-refractivity contribution is 0.174. The van der Waals surface area contributed by atoms with Crippen molar-refractivity contribution in [3.8, 4) is 28.6 Å². The Morgan fingerprint density at radius 3 is 2.39 bits per heavy atom. The Labute approximate surface area is 225 Å². The van der Waals surface area contributed by atoms with Crippen LogP contribution in [0.15, 0.2) is 79.0 Å². The summed E-state index contributed by atoms with van der Waals surface area (Å²) in [7, 11) is 0. The van der Waals surface area contributed by atoms with E-state index in [-0.39, 0.29) is 12.9 Å². The predicted octanol–water partition coefficient (Wildman–Crippen LogP) is 7.07. The summed E-state index contributed by atoms with van der Waals surface area (Å²) >= 11 is 0. The molecule has 0 spiro atoms. The fourth-order valence-corrected chi connectivity index (χ4v) is 4.82. The number of hydrogen-bond donors (Lipinski definition) is 0. The van der Waals surface area contributed by atoms with Crippen LogP contribution in [0.3, 0.4) is 0 Å². The second-order valence-corrected chi connectivity index (χ2v) is 10.1. The van der Waals surface area contributed by atoms with Gasteiger partial charge in [0.05, 0.1) is 18.0 Å². The molecule has 38 heavy (non-hydrogen) atoms. The maximum absolute atomic E-state index is 5.86. The highest BCUT2D eigenvalue weighted by Crippen LogP contribution is 2.33. The second-order valence-electron chi connectivity index (χ2n) is 10.1. The Morgan fingerprint density at radius 2 is 1.63 bits per heavy atom. The minimum atomic E-state index is 0.158. The van der Waals surface area contributed by atoms with Gasteiger partial charge < -0.3 is 18.8 Å². The molecule has 1 aliphatic heterocycles.